The number of hydrogen-bond donors (Lipinski definition) is 0. The number of hydrogen-bond acceptors (Lipinski definition) is 1. The molecule has 0 aliphatic rings. The van der Waals surface area contributed by atoms with Gasteiger partial charge in [0.05, 0.1) is 5.39 Å². The van der Waals surface area contributed by atoms with Crippen LogP contribution in [0.4, 0.5) is 87.8 Å². The van der Waals surface area contributed by atoms with Crippen molar-refractivity contribution in [3.8, 4) is 0 Å². The number of nitrogens with zero attached hydrogens (tertiary/aromatic N) is 1. The van der Waals surface area contributed by atoms with E-state index in [9.17, 15) is 52.7 Å². The highest BCUT2D eigenvalue weighted by atomic mass is 19.2. The molecule has 0 amide bonds. The Labute approximate surface area is 321 Å². The topological polar surface area (TPSA) is 13.1 Å². The Morgan fingerprint density at radius 2 is 0.583 bits per heavy atom. The molecule has 6 rings (SSSR count). The summed E-state index contributed by atoms with van der Waals surface area (Å²) >= 11 is 0. The summed E-state index contributed by atoms with van der Waals surface area (Å²) in [4.78, 5) is 5.73. The van der Waals surface area contributed by atoms with Gasteiger partial charge >= 0.3 is 0 Å². The van der Waals surface area contributed by atoms with E-state index in [2.05, 4.69) is 18.2 Å². The Morgan fingerprint density at radius 3 is 0.833 bits per heavy atom. The summed E-state index contributed by atoms with van der Waals surface area (Å²) in [6.07, 6.45) is -3.28. The maximum absolute atomic E-state index is 15.4. The molecular weight excluding hydrogens is 865 g/mol. The molecule has 0 spiro atoms. The van der Waals surface area contributed by atoms with Crippen LogP contribution in [0.25, 0.3) is 10.8 Å². The van der Waals surface area contributed by atoms with Crippen molar-refractivity contribution in [2.75, 3.05) is 0 Å². The molecule has 0 atom stereocenters. The highest BCUT2D eigenvalue weighted by Gasteiger charge is 2.52. The summed E-state index contributed by atoms with van der Waals surface area (Å²) < 4.78 is 296. The predicted molar refractivity (Wildman–Crippen MR) is 170 cm³/mol. The largest absolute Gasteiger partial charge is 0.266 e. The Morgan fingerprint density at radius 1 is 0.350 bits per heavy atom. The molecule has 0 bridgehead atoms. The van der Waals surface area contributed by atoms with Crippen LogP contribution in [0.2, 0.25) is 0 Å². The standard InChI is InChI=1S/C24BF20.C13H16NO/c26-5-1(6(27)14(35)21(42)13(5)34)25(2-7(28)15(36)22(43)16(37)8(2)29,3-9(30)17(38)23(44)18(39)10(3)31)4-11(32)19(40)24(45)20(41)12(4)33;1-13(2,3)15-14-9-8-11-6-4-5-7-12(11)10-14/h;4-10H,1-3H3/q-1;+1. The maximum atomic E-state index is 15.4. The first kappa shape index (κ1) is 45.1. The fraction of sp³-hybridized carbons (Fsp3) is 0.108. The van der Waals surface area contributed by atoms with Gasteiger partial charge in [-0.05, 0) is 32.2 Å². The lowest BCUT2D eigenvalue weighted by molar-refractivity contribution is -0.904. The number of rotatable bonds is 5. The third kappa shape index (κ3) is 6.99. The molecule has 0 aliphatic carbocycles. The zero-order valence-corrected chi connectivity index (χ0v) is 29.5. The van der Waals surface area contributed by atoms with Crippen molar-refractivity contribution in [1.29, 1.82) is 0 Å². The minimum absolute atomic E-state index is 0.173. The van der Waals surface area contributed by atoms with Crippen molar-refractivity contribution in [2.24, 2.45) is 0 Å². The summed E-state index contributed by atoms with van der Waals surface area (Å²) in [5, 5.41) is 2.41. The van der Waals surface area contributed by atoms with Crippen LogP contribution in [-0.4, -0.2) is 11.7 Å². The molecule has 0 radical (unpaired) electrons. The van der Waals surface area contributed by atoms with Crippen LogP contribution in [0.5, 0.6) is 0 Å². The second-order valence-electron chi connectivity index (χ2n) is 13.4. The molecule has 1 heterocycles. The van der Waals surface area contributed by atoms with E-state index in [1.807, 2.05) is 45.3 Å². The van der Waals surface area contributed by atoms with Crippen molar-refractivity contribution < 1.29 is 97.4 Å². The minimum atomic E-state index is -7.22. The van der Waals surface area contributed by atoms with Gasteiger partial charge in [-0.3, -0.25) is 4.84 Å². The van der Waals surface area contributed by atoms with Gasteiger partial charge in [-0.1, -0.05) is 18.2 Å². The first-order valence-electron chi connectivity index (χ1n) is 16.1. The lowest BCUT2D eigenvalue weighted by Crippen LogP contribution is -2.81. The van der Waals surface area contributed by atoms with Gasteiger partial charge in [-0.2, -0.15) is 0 Å². The highest BCUT2D eigenvalue weighted by molar-refractivity contribution is 7.20. The smallest absolute Gasteiger partial charge is 0.230 e. The SMILES string of the molecule is CC(C)(C)O[n+]1ccc2ccccc2c1.Fc1c(F)c(F)c([B-](c2c(F)c(F)c(F)c(F)c2F)(c2c(F)c(F)c(F)c(F)c2F)c2c(F)c(F)c(F)c(F)c2F)c(F)c1F. The molecular formula is C37H16BF20NO. The van der Waals surface area contributed by atoms with Crippen LogP contribution < -0.4 is 31.4 Å². The molecule has 2 nitrogen and oxygen atoms in total. The highest BCUT2D eigenvalue weighted by Crippen LogP contribution is 2.30. The van der Waals surface area contributed by atoms with E-state index in [0.717, 1.165) is 0 Å². The third-order valence-electron chi connectivity index (χ3n) is 8.75. The summed E-state index contributed by atoms with van der Waals surface area (Å²) in [7, 11) is 0. The predicted octanol–water partition coefficient (Wildman–Crippen LogP) is 8.20. The van der Waals surface area contributed by atoms with Gasteiger partial charge in [-0.25, -0.2) is 87.8 Å². The normalized spacial score (nSPS) is 11.9. The minimum Gasteiger partial charge on any atom is -0.266 e. The molecule has 0 N–H and O–H groups in total. The number of aromatic nitrogens is 1. The first-order chi connectivity index (χ1) is 27.7. The van der Waals surface area contributed by atoms with Crippen molar-refractivity contribution in [2.45, 2.75) is 26.4 Å². The van der Waals surface area contributed by atoms with Gasteiger partial charge in [0.15, 0.2) is 75.4 Å². The fourth-order valence-electron chi connectivity index (χ4n) is 6.36. The Bertz CT molecular complexity index is 2350. The molecule has 318 valence electrons. The summed E-state index contributed by atoms with van der Waals surface area (Å²) in [5.74, 6) is -71.4. The van der Waals surface area contributed by atoms with E-state index in [0.29, 0.717) is 0 Å². The fourth-order valence-corrected chi connectivity index (χ4v) is 6.36. The number of fused-ring (bicyclic) bond motifs is 1. The Balaban J connectivity index is 0.000000379. The molecule has 6 aromatic rings. The molecule has 0 unspecified atom stereocenters. The molecule has 60 heavy (non-hydrogen) atoms. The third-order valence-corrected chi connectivity index (χ3v) is 8.75. The maximum Gasteiger partial charge on any atom is 0.230 e. The van der Waals surface area contributed by atoms with E-state index in [-0.39, 0.29) is 5.60 Å². The van der Waals surface area contributed by atoms with Gasteiger partial charge in [0.25, 0.3) is 0 Å². The van der Waals surface area contributed by atoms with Gasteiger partial charge in [-0.15, -0.1) is 21.9 Å². The van der Waals surface area contributed by atoms with E-state index in [1.54, 1.807) is 4.73 Å². The Hall–Kier alpha value is -6.03. The van der Waals surface area contributed by atoms with Crippen LogP contribution in [0.15, 0.2) is 42.7 Å². The van der Waals surface area contributed by atoms with Gasteiger partial charge in [0, 0.05) is 10.8 Å². The average Bonchev–Trinajstić information content (AvgIpc) is 3.20. The van der Waals surface area contributed by atoms with Crippen molar-refractivity contribution in [3.63, 3.8) is 0 Å². The molecule has 0 aliphatic heterocycles. The second kappa shape index (κ2) is 15.9. The van der Waals surface area contributed by atoms with Gasteiger partial charge in [0.1, 0.15) is 52.7 Å². The summed E-state index contributed by atoms with van der Waals surface area (Å²) in [6, 6.07) is 10.3. The van der Waals surface area contributed by atoms with Crippen LogP contribution >= 0.6 is 0 Å². The first-order valence-corrected chi connectivity index (χ1v) is 16.1. The zero-order valence-electron chi connectivity index (χ0n) is 29.5. The van der Waals surface area contributed by atoms with Crippen molar-refractivity contribution in [1.82, 2.24) is 0 Å². The van der Waals surface area contributed by atoms with Gasteiger partial charge in [0.2, 0.25) is 12.4 Å². The summed E-state index contributed by atoms with van der Waals surface area (Å²) in [5.41, 5.74) is -14.5. The van der Waals surface area contributed by atoms with E-state index in [4.69, 9.17) is 4.84 Å². The van der Waals surface area contributed by atoms with Crippen LogP contribution in [-0.2, 0) is 0 Å². The molecule has 23 heteroatoms. The molecule has 0 fully saturated rings. The summed E-state index contributed by atoms with van der Waals surface area (Å²) in [6.45, 7) is 6.11. The number of halogens is 20. The molecule has 0 saturated heterocycles. The van der Waals surface area contributed by atoms with Crippen LogP contribution in [0.3, 0.4) is 0 Å². The van der Waals surface area contributed by atoms with E-state index < -0.39 is 144 Å². The quantitative estimate of drug-likeness (QED) is 0.0560. The molecule has 0 saturated carbocycles. The van der Waals surface area contributed by atoms with Crippen molar-refractivity contribution in [3.05, 3.63) is 159 Å². The number of pyridine rings is 1. The lowest BCUT2D eigenvalue weighted by Gasteiger charge is -2.44. The zero-order chi connectivity index (χ0) is 45.2. The average molecular weight is 881 g/mol. The van der Waals surface area contributed by atoms with Crippen LogP contribution in [0.1, 0.15) is 20.8 Å². The monoisotopic (exact) mass is 881 g/mol. The van der Waals surface area contributed by atoms with E-state index in [1.165, 1.54) is 10.8 Å². The second-order valence-corrected chi connectivity index (χ2v) is 13.4. The van der Waals surface area contributed by atoms with Crippen LogP contribution in [0, 0.1) is 116 Å². The number of benzene rings is 5. The Kier molecular flexibility index (Phi) is 11.9. The lowest BCUT2D eigenvalue weighted by atomic mass is 9.12. The van der Waals surface area contributed by atoms with Crippen molar-refractivity contribution >= 4 is 38.8 Å². The molecule has 5 aromatic carbocycles. The molecule has 1 aromatic heterocycles. The van der Waals surface area contributed by atoms with Gasteiger partial charge < -0.3 is 0 Å². The van der Waals surface area contributed by atoms with E-state index >= 15 is 35.1 Å².